The van der Waals surface area contributed by atoms with Gasteiger partial charge in [0.25, 0.3) is 0 Å². The molecule has 3 heteroatoms. The van der Waals surface area contributed by atoms with Crippen LogP contribution in [0, 0.1) is 0 Å². The van der Waals surface area contributed by atoms with Crippen molar-refractivity contribution in [3.05, 3.63) is 24.3 Å². The lowest BCUT2D eigenvalue weighted by atomic mass is 9.94. The minimum Gasteiger partial charge on any atom is -0.379 e. The van der Waals surface area contributed by atoms with Gasteiger partial charge in [-0.2, -0.15) is 0 Å². The minimum atomic E-state index is -0.126. The third-order valence-electron chi connectivity index (χ3n) is 3.48. The second-order valence-electron chi connectivity index (χ2n) is 6.10. The van der Waals surface area contributed by atoms with Gasteiger partial charge in [0.1, 0.15) is 0 Å². The van der Waals surface area contributed by atoms with Crippen LogP contribution in [-0.4, -0.2) is 23.5 Å². The third-order valence-corrected chi connectivity index (χ3v) is 4.21. The number of thioether (sulfide) groups is 1. The van der Waals surface area contributed by atoms with Gasteiger partial charge in [0.2, 0.25) is 0 Å². The highest BCUT2D eigenvalue weighted by molar-refractivity contribution is 7.98. The van der Waals surface area contributed by atoms with Gasteiger partial charge in [-0.25, -0.2) is 0 Å². The van der Waals surface area contributed by atoms with Crippen LogP contribution in [0.3, 0.4) is 0 Å². The van der Waals surface area contributed by atoms with Crippen LogP contribution < -0.4 is 5.32 Å². The van der Waals surface area contributed by atoms with Gasteiger partial charge in [0.05, 0.1) is 17.2 Å². The van der Waals surface area contributed by atoms with Crippen LogP contribution >= 0.6 is 11.8 Å². The molecule has 0 aliphatic carbocycles. The number of anilines is 1. The molecule has 0 amide bonds. The first kappa shape index (κ1) is 13.8. The SMILES string of the molecule is CSc1cccc(NC2CC(C)(C)OC2(C)C)c1. The van der Waals surface area contributed by atoms with Crippen molar-refractivity contribution in [1.29, 1.82) is 0 Å². The first-order valence-corrected chi connectivity index (χ1v) is 7.66. The maximum Gasteiger partial charge on any atom is 0.0834 e. The Labute approximate surface area is 114 Å². The lowest BCUT2D eigenvalue weighted by molar-refractivity contribution is -0.0662. The Morgan fingerprint density at radius 3 is 2.56 bits per heavy atom. The molecule has 2 nitrogen and oxygen atoms in total. The van der Waals surface area contributed by atoms with Crippen molar-refractivity contribution in [1.82, 2.24) is 0 Å². The first-order chi connectivity index (χ1) is 8.32. The summed E-state index contributed by atoms with van der Waals surface area (Å²) in [6, 6.07) is 8.91. The molecule has 1 N–H and O–H groups in total. The Morgan fingerprint density at radius 2 is 2.00 bits per heavy atom. The van der Waals surface area contributed by atoms with Gasteiger partial charge in [-0.15, -0.1) is 11.8 Å². The Bertz CT molecular complexity index is 428. The van der Waals surface area contributed by atoms with E-state index in [2.05, 4.69) is 63.5 Å². The van der Waals surface area contributed by atoms with Crippen LogP contribution in [0.15, 0.2) is 29.2 Å². The standard InChI is InChI=1S/C15H23NOS/c1-14(2)10-13(15(3,4)17-14)16-11-7-6-8-12(9-11)18-5/h6-9,13,16H,10H2,1-5H3. The van der Waals surface area contributed by atoms with E-state index in [0.717, 1.165) is 6.42 Å². The summed E-state index contributed by atoms with van der Waals surface area (Å²) in [5.74, 6) is 0. The minimum absolute atomic E-state index is 0.0434. The monoisotopic (exact) mass is 265 g/mol. The Hall–Kier alpha value is -0.670. The van der Waals surface area contributed by atoms with Gasteiger partial charge < -0.3 is 10.1 Å². The molecular formula is C15H23NOS. The van der Waals surface area contributed by atoms with E-state index >= 15 is 0 Å². The van der Waals surface area contributed by atoms with Gasteiger partial charge >= 0.3 is 0 Å². The molecular weight excluding hydrogens is 242 g/mol. The summed E-state index contributed by atoms with van der Waals surface area (Å²) in [5, 5.41) is 3.62. The molecule has 2 rings (SSSR count). The molecule has 1 aromatic carbocycles. The van der Waals surface area contributed by atoms with E-state index in [0.29, 0.717) is 6.04 Å². The van der Waals surface area contributed by atoms with Crippen molar-refractivity contribution in [2.24, 2.45) is 0 Å². The van der Waals surface area contributed by atoms with Crippen molar-refractivity contribution in [3.8, 4) is 0 Å². The van der Waals surface area contributed by atoms with Crippen molar-refractivity contribution < 1.29 is 4.74 Å². The van der Waals surface area contributed by atoms with Gasteiger partial charge in [-0.3, -0.25) is 0 Å². The highest BCUT2D eigenvalue weighted by Gasteiger charge is 2.45. The Kier molecular flexibility index (Phi) is 3.65. The Balaban J connectivity index is 2.13. The van der Waals surface area contributed by atoms with Crippen LogP contribution in [-0.2, 0) is 4.74 Å². The molecule has 1 saturated heterocycles. The van der Waals surface area contributed by atoms with Gasteiger partial charge in [-0.1, -0.05) is 6.07 Å². The maximum absolute atomic E-state index is 6.11. The summed E-state index contributed by atoms with van der Waals surface area (Å²) in [6.45, 7) is 8.65. The zero-order chi connectivity index (χ0) is 13.4. The van der Waals surface area contributed by atoms with Crippen molar-refractivity contribution in [2.75, 3.05) is 11.6 Å². The van der Waals surface area contributed by atoms with Gasteiger partial charge in [0.15, 0.2) is 0 Å². The van der Waals surface area contributed by atoms with Crippen molar-refractivity contribution in [2.45, 2.75) is 56.3 Å². The maximum atomic E-state index is 6.11. The number of nitrogens with one attached hydrogen (secondary N) is 1. The van der Waals surface area contributed by atoms with E-state index in [4.69, 9.17) is 4.74 Å². The van der Waals surface area contributed by atoms with Crippen LogP contribution in [0.2, 0.25) is 0 Å². The van der Waals surface area contributed by atoms with Crippen LogP contribution in [0.1, 0.15) is 34.1 Å². The zero-order valence-corrected chi connectivity index (χ0v) is 12.7. The van der Waals surface area contributed by atoms with Gasteiger partial charge in [0, 0.05) is 10.6 Å². The van der Waals surface area contributed by atoms with E-state index in [9.17, 15) is 0 Å². The summed E-state index contributed by atoms with van der Waals surface area (Å²) in [5.41, 5.74) is 1.01. The van der Waals surface area contributed by atoms with E-state index in [-0.39, 0.29) is 11.2 Å². The average Bonchev–Trinajstić information content (AvgIpc) is 2.47. The van der Waals surface area contributed by atoms with E-state index in [1.54, 1.807) is 11.8 Å². The van der Waals surface area contributed by atoms with Crippen molar-refractivity contribution >= 4 is 17.4 Å². The third kappa shape index (κ3) is 3.01. The molecule has 1 aliphatic rings. The highest BCUT2D eigenvalue weighted by atomic mass is 32.2. The van der Waals surface area contributed by atoms with Crippen molar-refractivity contribution in [3.63, 3.8) is 0 Å². The fourth-order valence-electron chi connectivity index (χ4n) is 2.70. The predicted octanol–water partition coefficient (Wildman–Crippen LogP) is 4.17. The number of benzene rings is 1. The highest BCUT2D eigenvalue weighted by Crippen LogP contribution is 2.39. The molecule has 18 heavy (non-hydrogen) atoms. The quantitative estimate of drug-likeness (QED) is 0.829. The zero-order valence-electron chi connectivity index (χ0n) is 11.9. The first-order valence-electron chi connectivity index (χ1n) is 6.43. The second-order valence-corrected chi connectivity index (χ2v) is 6.98. The molecule has 0 radical (unpaired) electrons. The summed E-state index contributed by atoms with van der Waals surface area (Å²) in [7, 11) is 0. The average molecular weight is 265 g/mol. The number of ether oxygens (including phenoxy) is 1. The van der Waals surface area contributed by atoms with Crippen LogP contribution in [0.5, 0.6) is 0 Å². The fraction of sp³-hybridized carbons (Fsp3) is 0.600. The topological polar surface area (TPSA) is 21.3 Å². The molecule has 1 atom stereocenters. The summed E-state index contributed by atoms with van der Waals surface area (Å²) >= 11 is 1.77. The molecule has 0 spiro atoms. The summed E-state index contributed by atoms with van der Waals surface area (Å²) in [4.78, 5) is 1.29. The summed E-state index contributed by atoms with van der Waals surface area (Å²) in [6.07, 6.45) is 3.13. The van der Waals surface area contributed by atoms with E-state index in [1.807, 2.05) is 0 Å². The molecule has 1 aliphatic heterocycles. The molecule has 1 unspecified atom stereocenters. The lowest BCUT2D eigenvalue weighted by Gasteiger charge is -2.28. The van der Waals surface area contributed by atoms with E-state index in [1.165, 1.54) is 10.6 Å². The molecule has 0 bridgehead atoms. The molecule has 0 aromatic heterocycles. The smallest absolute Gasteiger partial charge is 0.0834 e. The Morgan fingerprint density at radius 1 is 1.28 bits per heavy atom. The number of hydrogen-bond acceptors (Lipinski definition) is 3. The van der Waals surface area contributed by atoms with Crippen LogP contribution in [0.4, 0.5) is 5.69 Å². The van der Waals surface area contributed by atoms with Crippen LogP contribution in [0.25, 0.3) is 0 Å². The largest absolute Gasteiger partial charge is 0.379 e. The normalized spacial score (nSPS) is 25.1. The number of hydrogen-bond donors (Lipinski definition) is 1. The summed E-state index contributed by atoms with van der Waals surface area (Å²) < 4.78 is 6.11. The molecule has 0 saturated carbocycles. The number of rotatable bonds is 3. The predicted molar refractivity (Wildman–Crippen MR) is 79.5 cm³/mol. The molecule has 1 fully saturated rings. The molecule has 100 valence electrons. The van der Waals surface area contributed by atoms with E-state index < -0.39 is 0 Å². The molecule has 1 heterocycles. The molecule has 1 aromatic rings. The van der Waals surface area contributed by atoms with Gasteiger partial charge in [-0.05, 0) is 58.6 Å². The fourth-order valence-corrected chi connectivity index (χ4v) is 3.16. The second kappa shape index (κ2) is 4.78. The lowest BCUT2D eigenvalue weighted by Crippen LogP contribution is -2.38.